The summed E-state index contributed by atoms with van der Waals surface area (Å²) >= 11 is 0. The zero-order valence-corrected chi connectivity index (χ0v) is 16.9. The number of H-pyrrole nitrogens is 1. The first-order valence-electron chi connectivity index (χ1n) is 10.4. The molecular formula is C24H28N3O2+. The van der Waals surface area contributed by atoms with Crippen molar-refractivity contribution in [2.24, 2.45) is 0 Å². The summed E-state index contributed by atoms with van der Waals surface area (Å²) in [6.07, 6.45) is 10.6. The Kier molecular flexibility index (Phi) is 5.94. The van der Waals surface area contributed by atoms with Crippen molar-refractivity contribution in [3.63, 3.8) is 0 Å². The van der Waals surface area contributed by atoms with Gasteiger partial charge < -0.3 is 14.2 Å². The number of benzene rings is 1. The van der Waals surface area contributed by atoms with Gasteiger partial charge in [0.15, 0.2) is 12.4 Å². The minimum absolute atomic E-state index is 0.0674. The Morgan fingerprint density at radius 2 is 1.86 bits per heavy atom. The van der Waals surface area contributed by atoms with Gasteiger partial charge in [-0.05, 0) is 18.6 Å². The predicted molar refractivity (Wildman–Crippen MR) is 116 cm³/mol. The number of anilines is 1. The molecule has 0 saturated carbocycles. The van der Waals surface area contributed by atoms with Gasteiger partial charge in [-0.15, -0.1) is 0 Å². The molecule has 1 amide bonds. The average Bonchev–Trinajstić information content (AvgIpc) is 3.14. The number of aromatic nitrogens is 1. The maximum Gasteiger partial charge on any atom is 0.246 e. The number of para-hydroxylation sites is 1. The monoisotopic (exact) mass is 390 g/mol. The van der Waals surface area contributed by atoms with Crippen LogP contribution in [0.3, 0.4) is 0 Å². The van der Waals surface area contributed by atoms with Crippen LogP contribution in [0.2, 0.25) is 0 Å². The number of hydrogen-bond donors (Lipinski definition) is 0. The third kappa shape index (κ3) is 4.34. The zero-order chi connectivity index (χ0) is 20.1. The predicted octanol–water partition coefficient (Wildman–Crippen LogP) is 3.95. The number of amides is 1. The fraction of sp³-hybridized carbons (Fsp3) is 0.333. The highest BCUT2D eigenvalue weighted by molar-refractivity contribution is 5.96. The molecule has 1 aliphatic heterocycles. The molecule has 2 aromatic heterocycles. The van der Waals surface area contributed by atoms with Gasteiger partial charge in [-0.1, -0.05) is 31.5 Å². The summed E-state index contributed by atoms with van der Waals surface area (Å²) in [7, 11) is 0. The van der Waals surface area contributed by atoms with E-state index in [-0.39, 0.29) is 5.91 Å². The second-order valence-electron chi connectivity index (χ2n) is 7.44. The minimum Gasteiger partial charge on any atom is -0.460 e. The number of nitrogens with zero attached hydrogens (tertiary/aromatic N) is 2. The number of hydrogen-bond acceptors (Lipinski definition) is 3. The van der Waals surface area contributed by atoms with E-state index in [1.54, 1.807) is 6.08 Å². The SMILES string of the molecule is CCCCc1oc2ccccc2c1/C=C/C(=O)N1CCN(c2cc[nH+]cc2)CC1. The first-order chi connectivity index (χ1) is 14.3. The van der Waals surface area contributed by atoms with Crippen molar-refractivity contribution in [2.75, 3.05) is 31.1 Å². The highest BCUT2D eigenvalue weighted by atomic mass is 16.3. The Labute approximate surface area is 171 Å². The molecule has 1 N–H and O–H groups in total. The quantitative estimate of drug-likeness (QED) is 0.599. The number of nitrogens with one attached hydrogen (secondary N) is 1. The largest absolute Gasteiger partial charge is 0.460 e. The molecule has 0 aliphatic carbocycles. The number of aromatic amines is 1. The van der Waals surface area contributed by atoms with Crippen LogP contribution in [-0.4, -0.2) is 37.0 Å². The number of pyridine rings is 1. The highest BCUT2D eigenvalue weighted by Gasteiger charge is 2.20. The van der Waals surface area contributed by atoms with Gasteiger partial charge >= 0.3 is 0 Å². The number of piperazine rings is 1. The first-order valence-corrected chi connectivity index (χ1v) is 10.4. The van der Waals surface area contributed by atoms with E-state index in [9.17, 15) is 4.79 Å². The molecule has 1 saturated heterocycles. The molecule has 5 heteroatoms. The van der Waals surface area contributed by atoms with Crippen LogP contribution < -0.4 is 9.88 Å². The van der Waals surface area contributed by atoms with Crippen LogP contribution in [0.4, 0.5) is 5.69 Å². The minimum atomic E-state index is 0.0674. The molecule has 1 fully saturated rings. The summed E-state index contributed by atoms with van der Waals surface area (Å²) in [6, 6.07) is 12.2. The Bertz CT molecular complexity index is 986. The van der Waals surface area contributed by atoms with E-state index >= 15 is 0 Å². The summed E-state index contributed by atoms with van der Waals surface area (Å²) < 4.78 is 6.06. The van der Waals surface area contributed by atoms with Crippen molar-refractivity contribution in [1.29, 1.82) is 0 Å². The van der Waals surface area contributed by atoms with Gasteiger partial charge in [-0.3, -0.25) is 4.79 Å². The van der Waals surface area contributed by atoms with Gasteiger partial charge in [0, 0.05) is 67.4 Å². The van der Waals surface area contributed by atoms with Crippen LogP contribution in [0.15, 0.2) is 59.3 Å². The molecule has 29 heavy (non-hydrogen) atoms. The lowest BCUT2D eigenvalue weighted by molar-refractivity contribution is -0.377. The topological polar surface area (TPSA) is 50.8 Å². The lowest BCUT2D eigenvalue weighted by atomic mass is 10.1. The Hall–Kier alpha value is -3.08. The van der Waals surface area contributed by atoms with Crippen molar-refractivity contribution in [3.8, 4) is 0 Å². The van der Waals surface area contributed by atoms with Crippen molar-refractivity contribution < 1.29 is 14.2 Å². The molecule has 0 spiro atoms. The van der Waals surface area contributed by atoms with E-state index in [4.69, 9.17) is 4.42 Å². The molecule has 150 valence electrons. The van der Waals surface area contributed by atoms with Gasteiger partial charge in [-0.2, -0.15) is 0 Å². The molecule has 4 rings (SSSR count). The number of carbonyl (C=O) groups excluding carboxylic acids is 1. The molecule has 1 aliphatic rings. The normalized spacial score (nSPS) is 14.8. The van der Waals surface area contributed by atoms with Crippen molar-refractivity contribution in [2.45, 2.75) is 26.2 Å². The lowest BCUT2D eigenvalue weighted by Crippen LogP contribution is -2.48. The number of carbonyl (C=O) groups is 1. The van der Waals surface area contributed by atoms with Gasteiger partial charge in [0.05, 0.1) is 0 Å². The maximum absolute atomic E-state index is 12.8. The van der Waals surface area contributed by atoms with E-state index in [0.717, 1.165) is 67.7 Å². The third-order valence-electron chi connectivity index (χ3n) is 5.52. The van der Waals surface area contributed by atoms with Crippen LogP contribution in [0, 0.1) is 0 Å². The lowest BCUT2D eigenvalue weighted by Gasteiger charge is -2.35. The van der Waals surface area contributed by atoms with Gasteiger partial charge in [0.1, 0.15) is 11.3 Å². The smallest absolute Gasteiger partial charge is 0.246 e. The van der Waals surface area contributed by atoms with E-state index < -0.39 is 0 Å². The van der Waals surface area contributed by atoms with Gasteiger partial charge in [0.25, 0.3) is 0 Å². The maximum atomic E-state index is 12.8. The van der Waals surface area contributed by atoms with Crippen LogP contribution >= 0.6 is 0 Å². The Morgan fingerprint density at radius 1 is 1.10 bits per heavy atom. The standard InChI is InChI=1S/C24H27N3O2/c1-2-3-7-22-21(20-6-4-5-8-23(20)29-22)9-10-24(28)27-17-15-26(16-18-27)19-11-13-25-14-12-19/h4-6,8-14H,2-3,7,15-18H2,1H3/p+1/b10-9+. The second-order valence-corrected chi connectivity index (χ2v) is 7.44. The molecular weight excluding hydrogens is 362 g/mol. The van der Waals surface area contributed by atoms with Crippen LogP contribution in [0.25, 0.3) is 17.0 Å². The molecule has 1 aromatic carbocycles. The number of rotatable bonds is 6. The molecule has 3 aromatic rings. The zero-order valence-electron chi connectivity index (χ0n) is 16.9. The third-order valence-corrected chi connectivity index (χ3v) is 5.52. The molecule has 0 unspecified atom stereocenters. The summed E-state index contributed by atoms with van der Waals surface area (Å²) in [5, 5.41) is 1.08. The van der Waals surface area contributed by atoms with Crippen molar-refractivity contribution in [1.82, 2.24) is 4.90 Å². The van der Waals surface area contributed by atoms with Crippen LogP contribution in [0.5, 0.6) is 0 Å². The van der Waals surface area contributed by atoms with Crippen molar-refractivity contribution in [3.05, 3.63) is 66.2 Å². The second kappa shape index (κ2) is 8.95. The van der Waals surface area contributed by atoms with E-state index in [1.165, 1.54) is 5.69 Å². The molecule has 5 nitrogen and oxygen atoms in total. The fourth-order valence-electron chi connectivity index (χ4n) is 3.86. The fourth-order valence-corrected chi connectivity index (χ4v) is 3.86. The molecule has 0 atom stereocenters. The summed E-state index contributed by atoms with van der Waals surface area (Å²) in [4.78, 5) is 20.1. The Morgan fingerprint density at radius 3 is 2.62 bits per heavy atom. The summed E-state index contributed by atoms with van der Waals surface area (Å²) in [6.45, 7) is 5.34. The highest BCUT2D eigenvalue weighted by Crippen LogP contribution is 2.28. The van der Waals surface area contributed by atoms with Gasteiger partial charge in [0.2, 0.25) is 5.91 Å². The summed E-state index contributed by atoms with van der Waals surface area (Å²) in [5.41, 5.74) is 3.12. The number of unbranched alkanes of at least 4 members (excludes halogenated alkanes) is 1. The average molecular weight is 391 g/mol. The Balaban J connectivity index is 1.45. The van der Waals surface area contributed by atoms with Gasteiger partial charge in [-0.25, -0.2) is 4.98 Å². The molecule has 3 heterocycles. The summed E-state index contributed by atoms with van der Waals surface area (Å²) in [5.74, 6) is 1.04. The van der Waals surface area contributed by atoms with E-state index in [1.807, 2.05) is 41.6 Å². The van der Waals surface area contributed by atoms with E-state index in [2.05, 4.69) is 35.0 Å². The molecule has 0 radical (unpaired) electrons. The first kappa shape index (κ1) is 19.2. The number of fused-ring (bicyclic) bond motifs is 1. The number of aryl methyl sites for hydroxylation is 1. The van der Waals surface area contributed by atoms with E-state index in [0.29, 0.717) is 0 Å². The number of furan rings is 1. The van der Waals surface area contributed by atoms with Crippen LogP contribution in [-0.2, 0) is 11.2 Å². The van der Waals surface area contributed by atoms with Crippen molar-refractivity contribution >= 4 is 28.6 Å². The van der Waals surface area contributed by atoms with Crippen LogP contribution in [0.1, 0.15) is 31.1 Å². The molecule has 0 bridgehead atoms.